The van der Waals surface area contributed by atoms with Crippen molar-refractivity contribution in [3.63, 3.8) is 0 Å². The molecule has 0 bridgehead atoms. The number of nitrogens with zero attached hydrogens (tertiary/aromatic N) is 4. The number of carbonyl (C=O) groups excluding carboxylic acids is 2. The molecule has 1 fully saturated rings. The Morgan fingerprint density at radius 1 is 0.867 bits per heavy atom. The number of imide groups is 1. The molecule has 0 spiro atoms. The van der Waals surface area contributed by atoms with Crippen molar-refractivity contribution in [1.29, 1.82) is 0 Å². The molecule has 7 heteroatoms. The standard InChI is InChI=1S/C23H39N5O2/c1-25-13-6-14-27(19-18-26(2)12-5-10-24-11-17-25)15-7-16-28-22(29)20-8-3-4-9-21(20)23(28)30/h3,8,24H,4-7,9-19H2,1-2H3. The minimum atomic E-state index is -0.0954. The summed E-state index contributed by atoms with van der Waals surface area (Å²) in [7, 11) is 4.39. The molecule has 1 N–H and O–H groups in total. The van der Waals surface area contributed by atoms with E-state index in [4.69, 9.17) is 0 Å². The lowest BCUT2D eigenvalue weighted by Crippen LogP contribution is -2.39. The molecule has 2 amide bonds. The molecule has 0 aromatic heterocycles. The number of carbonyl (C=O) groups is 2. The molecule has 168 valence electrons. The van der Waals surface area contributed by atoms with E-state index in [0.717, 1.165) is 83.7 Å². The van der Waals surface area contributed by atoms with Crippen LogP contribution in [0.4, 0.5) is 0 Å². The monoisotopic (exact) mass is 417 g/mol. The highest BCUT2D eigenvalue weighted by molar-refractivity contribution is 6.20. The van der Waals surface area contributed by atoms with Crippen LogP contribution in [0.5, 0.6) is 0 Å². The zero-order chi connectivity index (χ0) is 21.3. The third-order valence-corrected chi connectivity index (χ3v) is 6.38. The summed E-state index contributed by atoms with van der Waals surface area (Å²) in [6.45, 7) is 10.0. The third-order valence-electron chi connectivity index (χ3n) is 6.38. The summed E-state index contributed by atoms with van der Waals surface area (Å²) >= 11 is 0. The van der Waals surface area contributed by atoms with Gasteiger partial charge in [0.2, 0.25) is 0 Å². The highest BCUT2D eigenvalue weighted by Crippen LogP contribution is 2.28. The normalized spacial score (nSPS) is 24.4. The second-order valence-electron chi connectivity index (χ2n) is 8.85. The van der Waals surface area contributed by atoms with Gasteiger partial charge in [0.1, 0.15) is 0 Å². The van der Waals surface area contributed by atoms with E-state index >= 15 is 0 Å². The Balaban J connectivity index is 1.48. The predicted octanol–water partition coefficient (Wildman–Crippen LogP) is 0.941. The van der Waals surface area contributed by atoms with Gasteiger partial charge >= 0.3 is 0 Å². The number of allylic oxidation sites excluding steroid dienone is 1. The van der Waals surface area contributed by atoms with E-state index in [0.29, 0.717) is 18.5 Å². The molecule has 0 atom stereocenters. The smallest absolute Gasteiger partial charge is 0.261 e. The van der Waals surface area contributed by atoms with Crippen molar-refractivity contribution >= 4 is 11.8 Å². The largest absolute Gasteiger partial charge is 0.315 e. The van der Waals surface area contributed by atoms with Gasteiger partial charge in [-0.1, -0.05) is 12.2 Å². The molecule has 7 nitrogen and oxygen atoms in total. The van der Waals surface area contributed by atoms with E-state index in [1.54, 1.807) is 0 Å². The molecule has 1 aliphatic carbocycles. The van der Waals surface area contributed by atoms with Crippen molar-refractivity contribution in [3.8, 4) is 0 Å². The first-order valence-electron chi connectivity index (χ1n) is 11.6. The number of nitrogens with one attached hydrogen (secondary N) is 1. The number of amides is 2. The van der Waals surface area contributed by atoms with Gasteiger partial charge in [0.15, 0.2) is 0 Å². The van der Waals surface area contributed by atoms with Gasteiger partial charge in [0.05, 0.1) is 0 Å². The van der Waals surface area contributed by atoms with Crippen LogP contribution in [0.3, 0.4) is 0 Å². The fourth-order valence-electron chi connectivity index (χ4n) is 4.45. The van der Waals surface area contributed by atoms with Crippen molar-refractivity contribution in [1.82, 2.24) is 24.9 Å². The Bertz CT molecular complexity index is 660. The van der Waals surface area contributed by atoms with Crippen molar-refractivity contribution in [3.05, 3.63) is 23.3 Å². The summed E-state index contributed by atoms with van der Waals surface area (Å²) in [5.41, 5.74) is 1.35. The summed E-state index contributed by atoms with van der Waals surface area (Å²) in [5, 5.41) is 3.53. The maximum absolute atomic E-state index is 12.6. The van der Waals surface area contributed by atoms with Gasteiger partial charge in [-0.3, -0.25) is 14.5 Å². The lowest BCUT2D eigenvalue weighted by molar-refractivity contribution is -0.137. The van der Waals surface area contributed by atoms with E-state index in [9.17, 15) is 9.59 Å². The molecule has 1 saturated heterocycles. The highest BCUT2D eigenvalue weighted by Gasteiger charge is 2.36. The summed E-state index contributed by atoms with van der Waals surface area (Å²) < 4.78 is 0. The third kappa shape index (κ3) is 6.48. The van der Waals surface area contributed by atoms with Crippen molar-refractivity contribution in [2.75, 3.05) is 79.5 Å². The second kappa shape index (κ2) is 11.7. The van der Waals surface area contributed by atoms with Gasteiger partial charge in [-0.2, -0.15) is 0 Å². The lowest BCUT2D eigenvalue weighted by atomic mass is 10.00. The Labute approximate surface area is 181 Å². The van der Waals surface area contributed by atoms with Crippen LogP contribution in [-0.2, 0) is 9.59 Å². The average molecular weight is 418 g/mol. The number of likely N-dealkylation sites (N-methyl/N-ethyl adjacent to an activating group) is 2. The van der Waals surface area contributed by atoms with Gasteiger partial charge in [0.25, 0.3) is 11.8 Å². The van der Waals surface area contributed by atoms with E-state index in [2.05, 4.69) is 34.1 Å². The second-order valence-corrected chi connectivity index (χ2v) is 8.85. The zero-order valence-corrected chi connectivity index (χ0v) is 18.9. The van der Waals surface area contributed by atoms with Crippen molar-refractivity contribution in [2.24, 2.45) is 0 Å². The Morgan fingerprint density at radius 3 is 2.50 bits per heavy atom. The van der Waals surface area contributed by atoms with Gasteiger partial charge in [-0.05, 0) is 78.9 Å². The van der Waals surface area contributed by atoms with Crippen LogP contribution >= 0.6 is 0 Å². The molecule has 0 aromatic rings. The maximum atomic E-state index is 12.6. The predicted molar refractivity (Wildman–Crippen MR) is 120 cm³/mol. The first kappa shape index (κ1) is 23.1. The Morgan fingerprint density at radius 2 is 1.67 bits per heavy atom. The van der Waals surface area contributed by atoms with Gasteiger partial charge in [-0.15, -0.1) is 0 Å². The molecular formula is C23H39N5O2. The SMILES string of the molecule is CN1CCCN(CCCN2C(=O)C3=C(CCC=C3)C2=O)CCN(C)CCCNCC1. The van der Waals surface area contributed by atoms with Crippen LogP contribution in [0.25, 0.3) is 0 Å². The van der Waals surface area contributed by atoms with E-state index < -0.39 is 0 Å². The molecule has 0 aromatic carbocycles. The first-order chi connectivity index (χ1) is 14.6. The van der Waals surface area contributed by atoms with E-state index in [-0.39, 0.29) is 11.8 Å². The van der Waals surface area contributed by atoms with Crippen LogP contribution in [0.15, 0.2) is 23.3 Å². The molecule has 0 saturated carbocycles. The fourth-order valence-corrected chi connectivity index (χ4v) is 4.45. The van der Waals surface area contributed by atoms with Gasteiger partial charge in [0, 0.05) is 43.9 Å². The molecule has 0 radical (unpaired) electrons. The van der Waals surface area contributed by atoms with Crippen LogP contribution in [0.1, 0.15) is 32.1 Å². The highest BCUT2D eigenvalue weighted by atomic mass is 16.2. The zero-order valence-electron chi connectivity index (χ0n) is 18.9. The van der Waals surface area contributed by atoms with Gasteiger partial charge < -0.3 is 20.0 Å². The van der Waals surface area contributed by atoms with Gasteiger partial charge in [-0.25, -0.2) is 0 Å². The number of hydrogen-bond donors (Lipinski definition) is 1. The van der Waals surface area contributed by atoms with E-state index in [1.807, 2.05) is 12.2 Å². The maximum Gasteiger partial charge on any atom is 0.261 e. The molecule has 3 aliphatic rings. The minimum absolute atomic E-state index is 0.0599. The Kier molecular flexibility index (Phi) is 9.05. The van der Waals surface area contributed by atoms with E-state index in [1.165, 1.54) is 11.3 Å². The lowest BCUT2D eigenvalue weighted by Gasteiger charge is -2.28. The van der Waals surface area contributed by atoms with Crippen LogP contribution in [-0.4, -0.2) is 111 Å². The van der Waals surface area contributed by atoms with Crippen LogP contribution < -0.4 is 5.32 Å². The minimum Gasteiger partial charge on any atom is -0.315 e. The molecule has 30 heavy (non-hydrogen) atoms. The number of hydrogen-bond acceptors (Lipinski definition) is 6. The number of rotatable bonds is 4. The summed E-state index contributed by atoms with van der Waals surface area (Å²) in [4.78, 5) is 34.0. The van der Waals surface area contributed by atoms with Crippen LogP contribution in [0.2, 0.25) is 0 Å². The fraction of sp³-hybridized carbons (Fsp3) is 0.739. The molecular weight excluding hydrogens is 378 g/mol. The molecule has 0 unspecified atom stereocenters. The summed E-state index contributed by atoms with van der Waals surface area (Å²) in [6.07, 6.45) is 8.55. The topological polar surface area (TPSA) is 59.1 Å². The quantitative estimate of drug-likeness (QED) is 0.687. The molecule has 2 aliphatic heterocycles. The van der Waals surface area contributed by atoms with Crippen molar-refractivity contribution < 1.29 is 9.59 Å². The molecule has 3 rings (SSSR count). The first-order valence-corrected chi connectivity index (χ1v) is 11.6. The molecule has 2 heterocycles. The van der Waals surface area contributed by atoms with Crippen molar-refractivity contribution in [2.45, 2.75) is 32.1 Å². The summed E-state index contributed by atoms with van der Waals surface area (Å²) in [5.74, 6) is -0.155. The Hall–Kier alpha value is -1.54. The van der Waals surface area contributed by atoms with Crippen LogP contribution in [0, 0.1) is 0 Å². The average Bonchev–Trinajstić information content (AvgIpc) is 2.98. The summed E-state index contributed by atoms with van der Waals surface area (Å²) in [6, 6.07) is 0.